The van der Waals surface area contributed by atoms with Gasteiger partial charge in [-0.05, 0) is 43.7 Å². The van der Waals surface area contributed by atoms with E-state index in [0.29, 0.717) is 27.5 Å². The lowest BCUT2D eigenvalue weighted by molar-refractivity contribution is -0.134. The van der Waals surface area contributed by atoms with Crippen LogP contribution in [0.25, 0.3) is 15.9 Å². The molecule has 3 aromatic rings. The van der Waals surface area contributed by atoms with Gasteiger partial charge < -0.3 is 9.64 Å². The molecule has 2 aromatic heterocycles. The summed E-state index contributed by atoms with van der Waals surface area (Å²) in [6.07, 6.45) is 0.383. The van der Waals surface area contributed by atoms with Crippen LogP contribution in [0.3, 0.4) is 0 Å². The smallest absolute Gasteiger partial charge is 0.348 e. The number of esters is 1. The van der Waals surface area contributed by atoms with E-state index in [1.54, 1.807) is 29.8 Å². The molecule has 1 aliphatic rings. The number of carbonyl (C=O) groups is 2. The third kappa shape index (κ3) is 4.33. The first-order chi connectivity index (χ1) is 14.6. The molecule has 1 aliphatic heterocycles. The number of benzene rings is 1. The van der Waals surface area contributed by atoms with Crippen molar-refractivity contribution in [2.75, 3.05) is 25.2 Å². The van der Waals surface area contributed by atoms with E-state index in [0.717, 1.165) is 16.7 Å². The third-order valence-corrected chi connectivity index (χ3v) is 8.13. The topological polar surface area (TPSA) is 98.6 Å². The van der Waals surface area contributed by atoms with Crippen LogP contribution in [0, 0.1) is 12.7 Å². The van der Waals surface area contributed by atoms with Crippen LogP contribution >= 0.6 is 11.3 Å². The molecule has 1 atom stereocenters. The summed E-state index contributed by atoms with van der Waals surface area (Å²) in [5, 5.41) is 5.21. The summed E-state index contributed by atoms with van der Waals surface area (Å²) in [6, 6.07) is 7.11. The van der Waals surface area contributed by atoms with Crippen LogP contribution in [0.15, 0.2) is 30.3 Å². The van der Waals surface area contributed by atoms with Crippen molar-refractivity contribution < 1.29 is 27.1 Å². The minimum absolute atomic E-state index is 0.0568. The molecule has 11 heteroatoms. The largest absolute Gasteiger partial charge is 0.451 e. The van der Waals surface area contributed by atoms with Crippen molar-refractivity contribution in [1.82, 2.24) is 14.7 Å². The number of ether oxygens (including phenoxy) is 1. The average molecular weight is 466 g/mol. The summed E-state index contributed by atoms with van der Waals surface area (Å²) >= 11 is 1.16. The van der Waals surface area contributed by atoms with E-state index in [1.807, 2.05) is 0 Å². The second-order valence-electron chi connectivity index (χ2n) is 7.44. The van der Waals surface area contributed by atoms with Gasteiger partial charge >= 0.3 is 5.97 Å². The average Bonchev–Trinajstić information content (AvgIpc) is 3.40. The van der Waals surface area contributed by atoms with Crippen molar-refractivity contribution >= 4 is 43.3 Å². The minimum atomic E-state index is -3.12. The van der Waals surface area contributed by atoms with Crippen molar-refractivity contribution in [3.05, 3.63) is 46.7 Å². The Morgan fingerprint density at radius 1 is 1.32 bits per heavy atom. The van der Waals surface area contributed by atoms with Crippen LogP contribution in [0.1, 0.15) is 21.8 Å². The molecule has 31 heavy (non-hydrogen) atoms. The number of aromatic nitrogens is 2. The number of sulfone groups is 1. The van der Waals surface area contributed by atoms with Crippen molar-refractivity contribution in [1.29, 1.82) is 0 Å². The lowest BCUT2D eigenvalue weighted by Crippen LogP contribution is -2.40. The van der Waals surface area contributed by atoms with Gasteiger partial charge in [0.25, 0.3) is 5.91 Å². The van der Waals surface area contributed by atoms with Gasteiger partial charge in [-0.25, -0.2) is 22.3 Å². The SMILES string of the molecule is Cc1nn(-c2ccc(F)cc2)c2sc(C(=O)OCC(=O)N(C)C3CCS(=O)(=O)C3)cc12. The number of fused-ring (bicyclic) bond motifs is 1. The maximum atomic E-state index is 13.2. The maximum Gasteiger partial charge on any atom is 0.348 e. The summed E-state index contributed by atoms with van der Waals surface area (Å²) in [4.78, 5) is 27.2. The Kier molecular flexibility index (Phi) is 5.56. The molecule has 1 aromatic carbocycles. The van der Waals surface area contributed by atoms with Crippen molar-refractivity contribution in [2.45, 2.75) is 19.4 Å². The van der Waals surface area contributed by atoms with Crippen LogP contribution in [0.4, 0.5) is 4.39 Å². The fourth-order valence-corrected chi connectivity index (χ4v) is 6.34. The van der Waals surface area contributed by atoms with Gasteiger partial charge in [-0.3, -0.25) is 4.79 Å². The number of nitrogens with zero attached hydrogens (tertiary/aromatic N) is 3. The number of hydrogen-bond acceptors (Lipinski definition) is 7. The van der Waals surface area contributed by atoms with Crippen molar-refractivity contribution in [3.8, 4) is 5.69 Å². The lowest BCUT2D eigenvalue weighted by atomic mass is 10.2. The third-order valence-electron chi connectivity index (χ3n) is 5.29. The summed E-state index contributed by atoms with van der Waals surface area (Å²) in [5.41, 5.74) is 1.36. The van der Waals surface area contributed by atoms with Crippen molar-refractivity contribution in [3.63, 3.8) is 0 Å². The van der Waals surface area contributed by atoms with E-state index < -0.39 is 34.4 Å². The van der Waals surface area contributed by atoms with Crippen LogP contribution in [-0.2, 0) is 19.4 Å². The Bertz CT molecular complexity index is 1260. The molecule has 0 aliphatic carbocycles. The zero-order valence-corrected chi connectivity index (χ0v) is 18.5. The Labute approximate surface area is 182 Å². The highest BCUT2D eigenvalue weighted by Crippen LogP contribution is 2.31. The Balaban J connectivity index is 1.46. The van der Waals surface area contributed by atoms with Crippen molar-refractivity contribution in [2.24, 2.45) is 0 Å². The Hall–Kier alpha value is -2.79. The number of amides is 1. The number of carbonyl (C=O) groups excluding carboxylic acids is 2. The summed E-state index contributed by atoms with van der Waals surface area (Å²) in [5.74, 6) is -1.47. The van der Waals surface area contributed by atoms with Gasteiger partial charge in [0.15, 0.2) is 16.4 Å². The Morgan fingerprint density at radius 2 is 2.03 bits per heavy atom. The zero-order valence-electron chi connectivity index (χ0n) is 16.9. The summed E-state index contributed by atoms with van der Waals surface area (Å²) < 4.78 is 43.2. The minimum Gasteiger partial charge on any atom is -0.451 e. The second-order valence-corrected chi connectivity index (χ2v) is 10.7. The molecule has 164 valence electrons. The molecule has 1 unspecified atom stereocenters. The fourth-order valence-electron chi connectivity index (χ4n) is 3.49. The molecule has 0 radical (unpaired) electrons. The number of rotatable bonds is 5. The zero-order chi connectivity index (χ0) is 22.3. The fraction of sp³-hybridized carbons (Fsp3) is 0.350. The molecule has 0 bridgehead atoms. The first kappa shape index (κ1) is 21.4. The first-order valence-corrected chi connectivity index (χ1v) is 12.2. The van der Waals surface area contributed by atoms with Gasteiger partial charge in [0.2, 0.25) is 0 Å². The highest BCUT2D eigenvalue weighted by atomic mass is 32.2. The van der Waals surface area contributed by atoms with E-state index in [9.17, 15) is 22.4 Å². The number of thiophene rings is 1. The molecule has 1 amide bonds. The van der Waals surface area contributed by atoms with Gasteiger partial charge in [-0.15, -0.1) is 11.3 Å². The van der Waals surface area contributed by atoms with E-state index in [1.165, 1.54) is 24.1 Å². The number of aryl methyl sites for hydroxylation is 1. The van der Waals surface area contributed by atoms with E-state index >= 15 is 0 Å². The Morgan fingerprint density at radius 3 is 2.68 bits per heavy atom. The molecule has 0 saturated carbocycles. The predicted octanol–water partition coefficient (Wildman–Crippen LogP) is 2.34. The van der Waals surface area contributed by atoms with E-state index in [-0.39, 0.29) is 17.3 Å². The number of hydrogen-bond donors (Lipinski definition) is 0. The van der Waals surface area contributed by atoms with Crippen LogP contribution in [-0.4, -0.2) is 66.2 Å². The summed E-state index contributed by atoms with van der Waals surface area (Å²) in [7, 11) is -1.60. The van der Waals surface area contributed by atoms with Crippen LogP contribution in [0.5, 0.6) is 0 Å². The maximum absolute atomic E-state index is 13.2. The molecule has 1 saturated heterocycles. The van der Waals surface area contributed by atoms with E-state index in [2.05, 4.69) is 5.10 Å². The molecule has 4 rings (SSSR count). The summed E-state index contributed by atoms with van der Waals surface area (Å²) in [6.45, 7) is 1.33. The molecular weight excluding hydrogens is 445 g/mol. The molecular formula is C20H20FN3O5S2. The molecule has 0 spiro atoms. The highest BCUT2D eigenvalue weighted by molar-refractivity contribution is 7.91. The molecule has 8 nitrogen and oxygen atoms in total. The van der Waals surface area contributed by atoms with Crippen LogP contribution < -0.4 is 0 Å². The quantitative estimate of drug-likeness (QED) is 0.537. The van der Waals surface area contributed by atoms with Gasteiger partial charge in [-0.2, -0.15) is 5.10 Å². The molecule has 0 N–H and O–H groups in total. The van der Waals surface area contributed by atoms with Gasteiger partial charge in [0, 0.05) is 18.5 Å². The normalized spacial score (nSPS) is 17.7. The standard InChI is InChI=1S/C20H20FN3O5S2/c1-12-16-9-17(30-19(16)24(22-12)14-5-3-13(21)4-6-14)20(26)29-10-18(25)23(2)15-7-8-31(27,28)11-15/h3-6,9,15H,7-8,10-11H2,1-2H3. The second kappa shape index (κ2) is 8.04. The molecule has 1 fully saturated rings. The van der Waals surface area contributed by atoms with E-state index in [4.69, 9.17) is 4.74 Å². The van der Waals surface area contributed by atoms with Gasteiger partial charge in [0.1, 0.15) is 15.5 Å². The van der Waals surface area contributed by atoms with Gasteiger partial charge in [0.05, 0.1) is 22.9 Å². The molecule has 3 heterocycles. The first-order valence-electron chi connectivity index (χ1n) is 9.53. The lowest BCUT2D eigenvalue weighted by Gasteiger charge is -2.23. The number of halogens is 1. The van der Waals surface area contributed by atoms with Gasteiger partial charge in [-0.1, -0.05) is 0 Å². The number of likely N-dealkylation sites (N-methyl/N-ethyl adjacent to an activating group) is 1. The van der Waals surface area contributed by atoms with Crippen LogP contribution in [0.2, 0.25) is 0 Å². The highest BCUT2D eigenvalue weighted by Gasteiger charge is 2.33. The monoisotopic (exact) mass is 465 g/mol. The predicted molar refractivity (Wildman–Crippen MR) is 114 cm³/mol.